The van der Waals surface area contributed by atoms with Gasteiger partial charge in [-0.15, -0.1) is 0 Å². The Balaban J connectivity index is 2.51. The van der Waals surface area contributed by atoms with Crippen molar-refractivity contribution in [2.24, 2.45) is 7.05 Å². The van der Waals surface area contributed by atoms with E-state index in [1.165, 1.54) is 0 Å². The van der Waals surface area contributed by atoms with Gasteiger partial charge in [-0.3, -0.25) is 4.68 Å². The molecule has 1 rings (SSSR count). The van der Waals surface area contributed by atoms with Gasteiger partial charge >= 0.3 is 0 Å². The molecule has 17 heavy (non-hydrogen) atoms. The van der Waals surface area contributed by atoms with Crippen LogP contribution in [0.4, 0.5) is 5.69 Å². The van der Waals surface area contributed by atoms with Gasteiger partial charge in [-0.1, -0.05) is 0 Å². The first kappa shape index (κ1) is 13.9. The fraction of sp³-hybridized carbons (Fsp3) is 0.636. The average molecular weight is 255 g/mol. The molecule has 0 radical (unpaired) electrons. The van der Waals surface area contributed by atoms with Crippen LogP contribution in [-0.2, 0) is 7.05 Å². The van der Waals surface area contributed by atoms with Crippen molar-refractivity contribution >= 4 is 23.0 Å². The number of likely N-dealkylation sites (N-methyl/N-ethyl adjacent to an activating group) is 1. The lowest BCUT2D eigenvalue weighted by Gasteiger charge is -2.13. The molecule has 0 spiro atoms. The minimum atomic E-state index is 0.644. The zero-order chi connectivity index (χ0) is 13.0. The third-order valence-corrected chi connectivity index (χ3v) is 2.84. The fourth-order valence-electron chi connectivity index (χ4n) is 1.51. The van der Waals surface area contributed by atoms with Gasteiger partial charge in [0.15, 0.2) is 5.11 Å². The summed E-state index contributed by atoms with van der Waals surface area (Å²) in [6.45, 7) is 5.77. The second kappa shape index (κ2) is 5.97. The van der Waals surface area contributed by atoms with Crippen LogP contribution in [0.15, 0.2) is 0 Å². The first-order chi connectivity index (χ1) is 7.91. The van der Waals surface area contributed by atoms with Gasteiger partial charge in [0, 0.05) is 20.1 Å². The summed E-state index contributed by atoms with van der Waals surface area (Å²) in [5, 5.41) is 11.3. The molecule has 0 aliphatic heterocycles. The summed E-state index contributed by atoms with van der Waals surface area (Å²) in [4.78, 5) is 2.11. The summed E-state index contributed by atoms with van der Waals surface area (Å²) in [6, 6.07) is 0. The molecule has 0 bridgehead atoms. The van der Waals surface area contributed by atoms with Crippen molar-refractivity contribution in [3.05, 3.63) is 11.4 Å². The zero-order valence-corrected chi connectivity index (χ0v) is 12.0. The standard InChI is InChI=1S/C11H21N5S/c1-8-10(9(2)16(5)14-8)13-11(17)12-6-7-15(3)4/h6-7H2,1-5H3,(H2,12,13,17). The molecular weight excluding hydrogens is 234 g/mol. The smallest absolute Gasteiger partial charge is 0.170 e. The number of nitrogens with one attached hydrogen (secondary N) is 2. The molecule has 5 nitrogen and oxygen atoms in total. The first-order valence-electron chi connectivity index (χ1n) is 5.61. The molecule has 96 valence electrons. The number of anilines is 1. The Bertz CT molecular complexity index is 397. The lowest BCUT2D eigenvalue weighted by Crippen LogP contribution is -2.34. The molecule has 2 N–H and O–H groups in total. The molecule has 0 fully saturated rings. The minimum Gasteiger partial charge on any atom is -0.361 e. The van der Waals surface area contributed by atoms with E-state index in [-0.39, 0.29) is 0 Å². The van der Waals surface area contributed by atoms with E-state index in [1.54, 1.807) is 0 Å². The van der Waals surface area contributed by atoms with Crippen LogP contribution in [0.1, 0.15) is 11.4 Å². The Morgan fingerprint density at radius 1 is 1.41 bits per heavy atom. The van der Waals surface area contributed by atoms with E-state index in [1.807, 2.05) is 39.7 Å². The summed E-state index contributed by atoms with van der Waals surface area (Å²) in [6.07, 6.45) is 0. The van der Waals surface area contributed by atoms with Gasteiger partial charge in [-0.05, 0) is 40.2 Å². The number of rotatable bonds is 4. The van der Waals surface area contributed by atoms with Crippen LogP contribution in [0.25, 0.3) is 0 Å². The second-order valence-corrected chi connectivity index (χ2v) is 4.76. The van der Waals surface area contributed by atoms with Crippen LogP contribution in [0.3, 0.4) is 0 Å². The van der Waals surface area contributed by atoms with Crippen LogP contribution in [0.2, 0.25) is 0 Å². The van der Waals surface area contributed by atoms with Crippen molar-refractivity contribution in [3.63, 3.8) is 0 Å². The molecule has 0 aliphatic rings. The number of aryl methyl sites for hydroxylation is 2. The van der Waals surface area contributed by atoms with Crippen LogP contribution in [0, 0.1) is 13.8 Å². The van der Waals surface area contributed by atoms with E-state index in [4.69, 9.17) is 12.2 Å². The molecular formula is C11H21N5S. The van der Waals surface area contributed by atoms with Crippen LogP contribution in [-0.4, -0.2) is 47.0 Å². The zero-order valence-electron chi connectivity index (χ0n) is 11.2. The summed E-state index contributed by atoms with van der Waals surface area (Å²) in [5.41, 5.74) is 3.04. The summed E-state index contributed by atoms with van der Waals surface area (Å²) in [5.74, 6) is 0. The Kier molecular flexibility index (Phi) is 4.89. The van der Waals surface area contributed by atoms with Gasteiger partial charge in [-0.2, -0.15) is 5.10 Å². The Hall–Kier alpha value is -1.14. The average Bonchev–Trinajstić information content (AvgIpc) is 2.44. The van der Waals surface area contributed by atoms with Crippen molar-refractivity contribution < 1.29 is 0 Å². The van der Waals surface area contributed by atoms with E-state index in [2.05, 4.69) is 20.6 Å². The predicted molar refractivity (Wildman–Crippen MR) is 75.5 cm³/mol. The third-order valence-electron chi connectivity index (χ3n) is 2.59. The highest BCUT2D eigenvalue weighted by Crippen LogP contribution is 2.17. The SMILES string of the molecule is Cc1nn(C)c(C)c1NC(=S)NCCN(C)C. The lowest BCUT2D eigenvalue weighted by atomic mass is 10.3. The summed E-state index contributed by atoms with van der Waals surface area (Å²) >= 11 is 5.24. The molecule has 0 saturated carbocycles. The summed E-state index contributed by atoms with van der Waals surface area (Å²) < 4.78 is 1.85. The number of aromatic nitrogens is 2. The number of hydrogen-bond donors (Lipinski definition) is 2. The van der Waals surface area contributed by atoms with Crippen molar-refractivity contribution in [1.29, 1.82) is 0 Å². The molecule has 1 aromatic rings. The van der Waals surface area contributed by atoms with Crippen molar-refractivity contribution in [1.82, 2.24) is 20.0 Å². The number of hydrogen-bond acceptors (Lipinski definition) is 3. The molecule has 0 aliphatic carbocycles. The van der Waals surface area contributed by atoms with Gasteiger partial charge in [0.2, 0.25) is 0 Å². The van der Waals surface area contributed by atoms with E-state index < -0.39 is 0 Å². The van der Waals surface area contributed by atoms with E-state index in [0.29, 0.717) is 5.11 Å². The first-order valence-corrected chi connectivity index (χ1v) is 6.02. The second-order valence-electron chi connectivity index (χ2n) is 4.35. The highest BCUT2D eigenvalue weighted by Gasteiger charge is 2.09. The van der Waals surface area contributed by atoms with Gasteiger partial charge in [-0.25, -0.2) is 0 Å². The molecule has 0 unspecified atom stereocenters. The van der Waals surface area contributed by atoms with Crippen molar-refractivity contribution in [2.45, 2.75) is 13.8 Å². The molecule has 1 heterocycles. The third kappa shape index (κ3) is 3.98. The van der Waals surface area contributed by atoms with E-state index >= 15 is 0 Å². The topological polar surface area (TPSA) is 45.1 Å². The van der Waals surface area contributed by atoms with Crippen LogP contribution < -0.4 is 10.6 Å². The molecule has 0 amide bonds. The lowest BCUT2D eigenvalue weighted by molar-refractivity contribution is 0.413. The van der Waals surface area contributed by atoms with Gasteiger partial charge in [0.1, 0.15) is 0 Å². The van der Waals surface area contributed by atoms with Crippen molar-refractivity contribution in [2.75, 3.05) is 32.5 Å². The number of nitrogens with zero attached hydrogens (tertiary/aromatic N) is 3. The van der Waals surface area contributed by atoms with Gasteiger partial charge in [0.25, 0.3) is 0 Å². The van der Waals surface area contributed by atoms with Gasteiger partial charge in [0.05, 0.1) is 17.1 Å². The minimum absolute atomic E-state index is 0.644. The molecule has 0 saturated heterocycles. The maximum atomic E-state index is 5.24. The molecule has 1 aromatic heterocycles. The van der Waals surface area contributed by atoms with E-state index in [0.717, 1.165) is 30.2 Å². The fourth-order valence-corrected chi connectivity index (χ4v) is 1.71. The number of thiocarbonyl (C=S) groups is 1. The molecule has 0 aromatic carbocycles. The Morgan fingerprint density at radius 3 is 2.53 bits per heavy atom. The van der Waals surface area contributed by atoms with Crippen LogP contribution >= 0.6 is 12.2 Å². The normalized spacial score (nSPS) is 10.7. The van der Waals surface area contributed by atoms with E-state index in [9.17, 15) is 0 Å². The predicted octanol–water partition coefficient (Wildman–Crippen LogP) is 0.885. The quantitative estimate of drug-likeness (QED) is 0.782. The molecule has 6 heteroatoms. The monoisotopic (exact) mass is 255 g/mol. The Morgan fingerprint density at radius 2 is 2.06 bits per heavy atom. The molecule has 0 atom stereocenters. The highest BCUT2D eigenvalue weighted by molar-refractivity contribution is 7.80. The summed E-state index contributed by atoms with van der Waals surface area (Å²) in [7, 11) is 6.00. The largest absolute Gasteiger partial charge is 0.361 e. The van der Waals surface area contributed by atoms with Crippen LogP contribution in [0.5, 0.6) is 0 Å². The van der Waals surface area contributed by atoms with Gasteiger partial charge < -0.3 is 15.5 Å². The Labute approximate surface area is 108 Å². The maximum Gasteiger partial charge on any atom is 0.170 e. The van der Waals surface area contributed by atoms with Crippen molar-refractivity contribution in [3.8, 4) is 0 Å². The maximum absolute atomic E-state index is 5.24. The highest BCUT2D eigenvalue weighted by atomic mass is 32.1.